The van der Waals surface area contributed by atoms with E-state index < -0.39 is 5.54 Å². The number of aliphatic hydroxyl groups is 2. The molecule has 5 nitrogen and oxygen atoms in total. The lowest BCUT2D eigenvalue weighted by atomic mass is 9.93. The van der Waals surface area contributed by atoms with Crippen molar-refractivity contribution < 1.29 is 19.7 Å². The van der Waals surface area contributed by atoms with Crippen LogP contribution in [0.2, 0.25) is 0 Å². The van der Waals surface area contributed by atoms with E-state index in [-0.39, 0.29) is 13.2 Å². The van der Waals surface area contributed by atoms with Crippen LogP contribution in [0.15, 0.2) is 42.5 Å². The Kier molecular flexibility index (Phi) is 9.45. The number of aryl methyl sites for hydroxylation is 1. The number of ether oxygens (including phenoxy) is 2. The smallest absolute Gasteiger partial charge is 0.161 e. The molecule has 0 atom stereocenters. The predicted molar refractivity (Wildman–Crippen MR) is 117 cm³/mol. The highest BCUT2D eigenvalue weighted by Gasteiger charge is 2.22. The predicted octanol–water partition coefficient (Wildman–Crippen LogP) is 3.94. The molecule has 160 valence electrons. The van der Waals surface area contributed by atoms with Gasteiger partial charge in [0.25, 0.3) is 0 Å². The Morgan fingerprint density at radius 3 is 2.21 bits per heavy atom. The Balaban J connectivity index is 2.00. The second kappa shape index (κ2) is 11.8. The highest BCUT2D eigenvalue weighted by molar-refractivity contribution is 5.67. The first-order valence-corrected chi connectivity index (χ1v) is 10.5. The van der Waals surface area contributed by atoms with Crippen molar-refractivity contribution >= 4 is 0 Å². The van der Waals surface area contributed by atoms with Gasteiger partial charge in [-0.3, -0.25) is 0 Å². The molecule has 0 saturated carbocycles. The van der Waals surface area contributed by atoms with Crippen LogP contribution >= 0.6 is 0 Å². The van der Waals surface area contributed by atoms with E-state index in [2.05, 4.69) is 31.2 Å². The third-order valence-corrected chi connectivity index (χ3v) is 5.25. The maximum atomic E-state index is 9.31. The van der Waals surface area contributed by atoms with Crippen molar-refractivity contribution in [2.75, 3.05) is 26.9 Å². The lowest BCUT2D eigenvalue weighted by Gasteiger charge is -2.24. The molecule has 4 N–H and O–H groups in total. The average Bonchev–Trinajstić information content (AvgIpc) is 2.77. The summed E-state index contributed by atoms with van der Waals surface area (Å²) in [5.74, 6) is 1.51. The van der Waals surface area contributed by atoms with Crippen molar-refractivity contribution in [1.82, 2.24) is 0 Å². The summed E-state index contributed by atoms with van der Waals surface area (Å²) < 4.78 is 11.4. The van der Waals surface area contributed by atoms with E-state index in [0.717, 1.165) is 34.6 Å². The highest BCUT2D eigenvalue weighted by Crippen LogP contribution is 2.33. The molecule has 0 aromatic heterocycles. The van der Waals surface area contributed by atoms with Crippen molar-refractivity contribution in [3.05, 3.63) is 48.0 Å². The van der Waals surface area contributed by atoms with E-state index in [0.29, 0.717) is 19.4 Å². The molecular weight excluding hydrogens is 366 g/mol. The Morgan fingerprint density at radius 1 is 0.897 bits per heavy atom. The molecule has 0 aliphatic carbocycles. The van der Waals surface area contributed by atoms with Gasteiger partial charge in [0.05, 0.1) is 32.5 Å². The molecule has 0 saturated heterocycles. The summed E-state index contributed by atoms with van der Waals surface area (Å²) in [6.07, 6.45) is 5.92. The Hall–Kier alpha value is -2.08. The van der Waals surface area contributed by atoms with Crippen LogP contribution < -0.4 is 15.2 Å². The quantitative estimate of drug-likeness (QED) is 0.443. The number of hydrogen-bond donors (Lipinski definition) is 3. The van der Waals surface area contributed by atoms with E-state index >= 15 is 0 Å². The van der Waals surface area contributed by atoms with Crippen LogP contribution in [0.5, 0.6) is 11.5 Å². The van der Waals surface area contributed by atoms with Crippen LogP contribution in [-0.2, 0) is 6.42 Å². The van der Waals surface area contributed by atoms with E-state index in [1.54, 1.807) is 7.11 Å². The molecule has 0 aliphatic rings. The van der Waals surface area contributed by atoms with E-state index in [1.165, 1.54) is 19.3 Å². The van der Waals surface area contributed by atoms with Gasteiger partial charge in [-0.25, -0.2) is 0 Å². The van der Waals surface area contributed by atoms with Gasteiger partial charge in [-0.05, 0) is 48.1 Å². The molecule has 0 bridgehead atoms. The third-order valence-electron chi connectivity index (χ3n) is 5.25. The Labute approximate surface area is 174 Å². The number of nitrogens with two attached hydrogens (primary N) is 1. The number of rotatable bonds is 13. The zero-order chi connectivity index (χ0) is 21.1. The van der Waals surface area contributed by atoms with Crippen molar-refractivity contribution in [2.45, 2.75) is 51.0 Å². The molecule has 29 heavy (non-hydrogen) atoms. The molecule has 2 rings (SSSR count). The first-order valence-electron chi connectivity index (χ1n) is 10.5. The second-order valence-corrected chi connectivity index (χ2v) is 7.65. The molecule has 2 aromatic rings. The lowest BCUT2D eigenvalue weighted by molar-refractivity contribution is 0.115. The summed E-state index contributed by atoms with van der Waals surface area (Å²) >= 11 is 0. The largest absolute Gasteiger partial charge is 0.493 e. The monoisotopic (exact) mass is 401 g/mol. The van der Waals surface area contributed by atoms with Crippen LogP contribution in [-0.4, -0.2) is 42.7 Å². The SMILES string of the molecule is CCCCCCOc1ccc(-c2ccc(CCC(N)(CO)CO)cc2)cc1OC. The summed E-state index contributed by atoms with van der Waals surface area (Å²) in [6.45, 7) is 2.45. The Bertz CT molecular complexity index is 726. The van der Waals surface area contributed by atoms with Crippen molar-refractivity contribution in [2.24, 2.45) is 5.73 Å². The van der Waals surface area contributed by atoms with Gasteiger partial charge in [0.1, 0.15) is 0 Å². The molecule has 0 spiro atoms. The van der Waals surface area contributed by atoms with E-state index in [9.17, 15) is 10.2 Å². The van der Waals surface area contributed by atoms with Crippen molar-refractivity contribution in [3.63, 3.8) is 0 Å². The van der Waals surface area contributed by atoms with Gasteiger partial charge in [-0.15, -0.1) is 0 Å². The zero-order valence-corrected chi connectivity index (χ0v) is 17.7. The highest BCUT2D eigenvalue weighted by atomic mass is 16.5. The molecule has 0 fully saturated rings. The first-order chi connectivity index (χ1) is 14.0. The first kappa shape index (κ1) is 23.2. The Morgan fingerprint density at radius 2 is 1.59 bits per heavy atom. The minimum atomic E-state index is -0.932. The van der Waals surface area contributed by atoms with E-state index in [1.807, 2.05) is 18.2 Å². The molecule has 0 amide bonds. The average molecular weight is 402 g/mol. The lowest BCUT2D eigenvalue weighted by Crippen LogP contribution is -2.47. The minimum absolute atomic E-state index is 0.228. The third kappa shape index (κ3) is 7.03. The fourth-order valence-electron chi connectivity index (χ4n) is 3.14. The van der Waals surface area contributed by atoms with Crippen LogP contribution in [0.4, 0.5) is 0 Å². The number of methoxy groups -OCH3 is 1. The normalized spacial score (nSPS) is 11.5. The summed E-state index contributed by atoms with van der Waals surface area (Å²) in [7, 11) is 1.66. The molecule has 0 radical (unpaired) electrons. The molecular formula is C24H35NO4. The molecule has 5 heteroatoms. The van der Waals surface area contributed by atoms with E-state index in [4.69, 9.17) is 15.2 Å². The van der Waals surface area contributed by atoms with Crippen molar-refractivity contribution in [1.29, 1.82) is 0 Å². The van der Waals surface area contributed by atoms with Gasteiger partial charge in [-0.1, -0.05) is 56.5 Å². The number of aliphatic hydroxyl groups excluding tert-OH is 2. The van der Waals surface area contributed by atoms with Crippen LogP contribution in [0.3, 0.4) is 0 Å². The fraction of sp³-hybridized carbons (Fsp3) is 0.500. The summed E-state index contributed by atoms with van der Waals surface area (Å²) in [5.41, 5.74) is 8.28. The maximum absolute atomic E-state index is 9.31. The number of benzene rings is 2. The maximum Gasteiger partial charge on any atom is 0.161 e. The number of hydrogen-bond acceptors (Lipinski definition) is 5. The molecule has 2 aromatic carbocycles. The minimum Gasteiger partial charge on any atom is -0.493 e. The molecule has 0 aliphatic heterocycles. The topological polar surface area (TPSA) is 84.9 Å². The summed E-state index contributed by atoms with van der Waals surface area (Å²) in [5, 5.41) is 18.6. The number of unbranched alkanes of at least 4 members (excludes halogenated alkanes) is 3. The standard InChI is InChI=1S/C24H35NO4/c1-3-4-5-6-15-29-22-12-11-21(16-23(22)28-2)20-9-7-19(8-10-20)13-14-24(25,17-26)18-27/h7-12,16,26-27H,3-6,13-15,17-18,25H2,1-2H3. The van der Waals surface area contributed by atoms with Gasteiger partial charge >= 0.3 is 0 Å². The summed E-state index contributed by atoms with van der Waals surface area (Å²) in [6, 6.07) is 14.2. The van der Waals surface area contributed by atoms with Gasteiger partial charge in [-0.2, -0.15) is 0 Å². The van der Waals surface area contributed by atoms with Gasteiger partial charge < -0.3 is 25.4 Å². The van der Waals surface area contributed by atoms with Gasteiger partial charge in [0.15, 0.2) is 11.5 Å². The van der Waals surface area contributed by atoms with Crippen LogP contribution in [0.1, 0.15) is 44.6 Å². The van der Waals surface area contributed by atoms with Gasteiger partial charge in [0, 0.05) is 0 Å². The second-order valence-electron chi connectivity index (χ2n) is 7.65. The molecule has 0 unspecified atom stereocenters. The fourth-order valence-corrected chi connectivity index (χ4v) is 3.14. The van der Waals surface area contributed by atoms with Crippen LogP contribution in [0.25, 0.3) is 11.1 Å². The van der Waals surface area contributed by atoms with Crippen LogP contribution in [0, 0.1) is 0 Å². The zero-order valence-electron chi connectivity index (χ0n) is 17.7. The summed E-state index contributed by atoms with van der Waals surface area (Å²) in [4.78, 5) is 0. The van der Waals surface area contributed by atoms with Gasteiger partial charge in [0.2, 0.25) is 0 Å². The van der Waals surface area contributed by atoms with Crippen molar-refractivity contribution in [3.8, 4) is 22.6 Å². The molecule has 0 heterocycles.